The molecule has 0 bridgehead atoms. The molecule has 0 unspecified atom stereocenters. The fourth-order valence-corrected chi connectivity index (χ4v) is 0.932. The highest BCUT2D eigenvalue weighted by Gasteiger charge is 2.24. The van der Waals surface area contributed by atoms with E-state index in [2.05, 4.69) is 25.9 Å². The molecule has 0 aliphatic carbocycles. The van der Waals surface area contributed by atoms with Crippen molar-refractivity contribution in [2.24, 2.45) is 5.73 Å². The number of hydrogen-bond acceptors (Lipinski definition) is 3. The fraction of sp³-hybridized carbons (Fsp3) is 0.700. The van der Waals surface area contributed by atoms with Crippen molar-refractivity contribution in [3.05, 3.63) is 17.5 Å². The maximum absolute atomic E-state index is 5.88. The number of rotatable bonds is 1. The van der Waals surface area contributed by atoms with Crippen LogP contribution in [0.2, 0.25) is 0 Å². The molecule has 3 heteroatoms. The van der Waals surface area contributed by atoms with Crippen molar-refractivity contribution in [3.63, 3.8) is 0 Å². The summed E-state index contributed by atoms with van der Waals surface area (Å²) in [6, 6.07) is 1.93. The molecule has 0 atom stereocenters. The first-order valence-electron chi connectivity index (χ1n) is 4.48. The molecule has 0 aliphatic heterocycles. The summed E-state index contributed by atoms with van der Waals surface area (Å²) in [5.74, 6) is 0.734. The molecule has 0 amide bonds. The third kappa shape index (κ3) is 2.31. The second-order valence-electron chi connectivity index (χ2n) is 5.05. The molecule has 1 heterocycles. The topological polar surface area (TPSA) is 52.0 Å². The normalized spacial score (nSPS) is 13.4. The van der Waals surface area contributed by atoms with Gasteiger partial charge in [0.05, 0.1) is 11.2 Å². The Bertz CT molecular complexity index is 260. The molecular formula is C10H18N2O. The number of nitrogens with two attached hydrogens (primary N) is 1. The Morgan fingerprint density at radius 3 is 2.00 bits per heavy atom. The first-order valence-corrected chi connectivity index (χ1v) is 4.48. The summed E-state index contributed by atoms with van der Waals surface area (Å²) < 4.78 is 5.18. The van der Waals surface area contributed by atoms with E-state index in [0.717, 1.165) is 11.5 Å². The van der Waals surface area contributed by atoms with Crippen molar-refractivity contribution < 1.29 is 4.52 Å². The quantitative estimate of drug-likeness (QED) is 0.724. The van der Waals surface area contributed by atoms with Gasteiger partial charge in [0.2, 0.25) is 0 Å². The van der Waals surface area contributed by atoms with Crippen LogP contribution < -0.4 is 5.73 Å². The molecule has 0 radical (unpaired) electrons. The summed E-state index contributed by atoms with van der Waals surface area (Å²) in [5.41, 5.74) is 6.40. The summed E-state index contributed by atoms with van der Waals surface area (Å²) in [4.78, 5) is 0. The van der Waals surface area contributed by atoms with Gasteiger partial charge in [0.1, 0.15) is 0 Å². The summed E-state index contributed by atoms with van der Waals surface area (Å²) in [5, 5.41) is 4.00. The molecule has 3 nitrogen and oxygen atoms in total. The van der Waals surface area contributed by atoms with Crippen molar-refractivity contribution >= 4 is 0 Å². The number of nitrogens with zero attached hydrogens (tertiary/aromatic N) is 1. The Balaban J connectivity index is 3.01. The molecule has 1 rings (SSSR count). The summed E-state index contributed by atoms with van der Waals surface area (Å²) in [6.07, 6.45) is 0. The molecule has 74 valence electrons. The zero-order chi connectivity index (χ0) is 10.3. The van der Waals surface area contributed by atoms with Gasteiger partial charge < -0.3 is 10.3 Å². The minimum absolute atomic E-state index is 0.0208. The third-order valence-corrected chi connectivity index (χ3v) is 1.91. The minimum atomic E-state index is -0.448. The molecule has 2 N–H and O–H groups in total. The Labute approximate surface area is 79.3 Å². The van der Waals surface area contributed by atoms with Gasteiger partial charge in [-0.2, -0.15) is 0 Å². The van der Waals surface area contributed by atoms with Crippen molar-refractivity contribution in [1.82, 2.24) is 5.16 Å². The van der Waals surface area contributed by atoms with Crippen LogP contribution in [0.1, 0.15) is 46.1 Å². The van der Waals surface area contributed by atoms with Crippen LogP contribution in [0.5, 0.6) is 0 Å². The van der Waals surface area contributed by atoms with Gasteiger partial charge in [-0.3, -0.25) is 0 Å². The van der Waals surface area contributed by atoms with Crippen LogP contribution in [0.15, 0.2) is 10.6 Å². The molecule has 0 saturated carbocycles. The smallest absolute Gasteiger partial charge is 0.156 e. The molecule has 0 saturated heterocycles. The third-order valence-electron chi connectivity index (χ3n) is 1.91. The second kappa shape index (κ2) is 2.84. The monoisotopic (exact) mass is 182 g/mol. The maximum atomic E-state index is 5.88. The van der Waals surface area contributed by atoms with E-state index in [1.165, 1.54) is 0 Å². The van der Waals surface area contributed by atoms with Gasteiger partial charge in [0.15, 0.2) is 5.76 Å². The van der Waals surface area contributed by atoms with E-state index in [4.69, 9.17) is 10.3 Å². The van der Waals surface area contributed by atoms with Gasteiger partial charge in [-0.15, -0.1) is 0 Å². The Morgan fingerprint density at radius 2 is 1.77 bits per heavy atom. The first kappa shape index (κ1) is 10.3. The number of aromatic nitrogens is 1. The van der Waals surface area contributed by atoms with Crippen LogP contribution >= 0.6 is 0 Å². The van der Waals surface area contributed by atoms with Crippen LogP contribution in [0.4, 0.5) is 0 Å². The van der Waals surface area contributed by atoms with Crippen molar-refractivity contribution in [2.75, 3.05) is 0 Å². The largest absolute Gasteiger partial charge is 0.359 e. The first-order chi connectivity index (χ1) is 5.71. The van der Waals surface area contributed by atoms with E-state index in [0.29, 0.717) is 0 Å². The van der Waals surface area contributed by atoms with Crippen LogP contribution in [-0.2, 0) is 11.0 Å². The zero-order valence-corrected chi connectivity index (χ0v) is 9.01. The average Bonchev–Trinajstić information content (AvgIpc) is 2.28. The standard InChI is InChI=1S/C10H18N2O/c1-9(2,3)7-6-8(13-12-7)10(4,5)11/h6H,11H2,1-5H3. The van der Waals surface area contributed by atoms with Crippen LogP contribution in [0.3, 0.4) is 0 Å². The van der Waals surface area contributed by atoms with Crippen LogP contribution in [-0.4, -0.2) is 5.16 Å². The molecule has 1 aromatic heterocycles. The van der Waals surface area contributed by atoms with Crippen LogP contribution in [0, 0.1) is 0 Å². The fourth-order valence-electron chi connectivity index (χ4n) is 0.932. The Kier molecular flexibility index (Phi) is 2.24. The lowest BCUT2D eigenvalue weighted by atomic mass is 9.91. The molecule has 13 heavy (non-hydrogen) atoms. The highest BCUT2D eigenvalue weighted by atomic mass is 16.5. The Morgan fingerprint density at radius 1 is 1.23 bits per heavy atom. The van der Waals surface area contributed by atoms with Gasteiger partial charge in [-0.1, -0.05) is 25.9 Å². The number of hydrogen-bond donors (Lipinski definition) is 1. The van der Waals surface area contributed by atoms with E-state index in [1.54, 1.807) is 0 Å². The zero-order valence-electron chi connectivity index (χ0n) is 9.01. The lowest BCUT2D eigenvalue weighted by Crippen LogP contribution is -2.28. The predicted molar refractivity (Wildman–Crippen MR) is 52.4 cm³/mol. The van der Waals surface area contributed by atoms with Crippen LogP contribution in [0.25, 0.3) is 0 Å². The molecular weight excluding hydrogens is 164 g/mol. The molecule has 0 fully saturated rings. The predicted octanol–water partition coefficient (Wildman–Crippen LogP) is 2.17. The highest BCUT2D eigenvalue weighted by molar-refractivity contribution is 5.18. The van der Waals surface area contributed by atoms with Gasteiger partial charge in [-0.05, 0) is 13.8 Å². The lowest BCUT2D eigenvalue weighted by molar-refractivity contribution is 0.312. The van der Waals surface area contributed by atoms with Gasteiger partial charge in [-0.25, -0.2) is 0 Å². The van der Waals surface area contributed by atoms with E-state index in [-0.39, 0.29) is 5.41 Å². The van der Waals surface area contributed by atoms with Gasteiger partial charge >= 0.3 is 0 Å². The minimum Gasteiger partial charge on any atom is -0.359 e. The molecule has 0 aliphatic rings. The average molecular weight is 182 g/mol. The summed E-state index contributed by atoms with van der Waals surface area (Å²) in [6.45, 7) is 10.1. The summed E-state index contributed by atoms with van der Waals surface area (Å²) in [7, 11) is 0. The maximum Gasteiger partial charge on any atom is 0.156 e. The SMILES string of the molecule is CC(C)(C)c1cc(C(C)(C)N)on1. The molecule has 1 aromatic rings. The summed E-state index contributed by atoms with van der Waals surface area (Å²) >= 11 is 0. The Hall–Kier alpha value is -0.830. The van der Waals surface area contributed by atoms with E-state index in [9.17, 15) is 0 Å². The van der Waals surface area contributed by atoms with E-state index in [1.807, 2.05) is 19.9 Å². The van der Waals surface area contributed by atoms with E-state index < -0.39 is 5.54 Å². The van der Waals surface area contributed by atoms with Crippen molar-refractivity contribution in [1.29, 1.82) is 0 Å². The lowest BCUT2D eigenvalue weighted by Gasteiger charge is -2.14. The molecule has 0 spiro atoms. The van der Waals surface area contributed by atoms with Gasteiger partial charge in [0.25, 0.3) is 0 Å². The molecule has 0 aromatic carbocycles. The van der Waals surface area contributed by atoms with E-state index >= 15 is 0 Å². The van der Waals surface area contributed by atoms with Gasteiger partial charge in [0, 0.05) is 11.5 Å². The second-order valence-corrected chi connectivity index (χ2v) is 5.05. The van der Waals surface area contributed by atoms with Crippen molar-refractivity contribution in [2.45, 2.75) is 45.6 Å². The van der Waals surface area contributed by atoms with Crippen molar-refractivity contribution in [3.8, 4) is 0 Å². The highest BCUT2D eigenvalue weighted by Crippen LogP contribution is 2.25.